The van der Waals surface area contributed by atoms with E-state index < -0.39 is 17.4 Å². The maximum Gasteiger partial charge on any atom is 0.173 e. The minimum absolute atomic E-state index is 0.00315. The van der Waals surface area contributed by atoms with Gasteiger partial charge in [0, 0.05) is 12.1 Å². The minimum Gasteiger partial charge on any atom is -0.504 e. The molecule has 0 aliphatic carbocycles. The van der Waals surface area contributed by atoms with Gasteiger partial charge in [-0.1, -0.05) is 5.16 Å². The molecule has 1 heterocycles. The molecule has 2 rings (SSSR count). The Morgan fingerprint density at radius 3 is 2.60 bits per heavy atom. The molecule has 2 aromatic rings. The van der Waals surface area contributed by atoms with Crippen molar-refractivity contribution in [1.29, 1.82) is 0 Å². The van der Waals surface area contributed by atoms with Crippen LogP contribution in [0.5, 0.6) is 5.75 Å². The smallest absolute Gasteiger partial charge is 0.173 e. The van der Waals surface area contributed by atoms with Crippen molar-refractivity contribution in [3.63, 3.8) is 0 Å². The van der Waals surface area contributed by atoms with Gasteiger partial charge in [0.15, 0.2) is 23.1 Å². The first kappa shape index (κ1) is 9.45. The highest BCUT2D eigenvalue weighted by molar-refractivity contribution is 5.67. The van der Waals surface area contributed by atoms with Crippen LogP contribution in [0.1, 0.15) is 0 Å². The van der Waals surface area contributed by atoms with Crippen molar-refractivity contribution >= 4 is 5.82 Å². The summed E-state index contributed by atoms with van der Waals surface area (Å²) in [5, 5.41) is 12.7. The Labute approximate surface area is 82.9 Å². The Hall–Kier alpha value is -2.11. The molecule has 0 saturated heterocycles. The van der Waals surface area contributed by atoms with Crippen LogP contribution in [0.4, 0.5) is 14.6 Å². The zero-order chi connectivity index (χ0) is 11.0. The van der Waals surface area contributed by atoms with Crippen molar-refractivity contribution < 1.29 is 18.4 Å². The highest BCUT2D eigenvalue weighted by Crippen LogP contribution is 2.32. The molecule has 0 unspecified atom stereocenters. The van der Waals surface area contributed by atoms with Crippen LogP contribution >= 0.6 is 0 Å². The number of phenols is 1. The average molecular weight is 212 g/mol. The number of halogens is 2. The number of aromatic hydroxyl groups is 1. The monoisotopic (exact) mass is 212 g/mol. The lowest BCUT2D eigenvalue weighted by Gasteiger charge is -2.01. The number of nitrogens with zero attached hydrogens (tertiary/aromatic N) is 1. The van der Waals surface area contributed by atoms with E-state index in [0.29, 0.717) is 6.07 Å². The molecule has 15 heavy (non-hydrogen) atoms. The lowest BCUT2D eigenvalue weighted by atomic mass is 10.1. The first-order valence-electron chi connectivity index (χ1n) is 3.98. The molecule has 0 bridgehead atoms. The molecule has 0 saturated carbocycles. The zero-order valence-corrected chi connectivity index (χ0v) is 7.37. The van der Waals surface area contributed by atoms with E-state index in [1.165, 1.54) is 6.07 Å². The van der Waals surface area contributed by atoms with Crippen molar-refractivity contribution in [1.82, 2.24) is 5.16 Å². The Balaban J connectivity index is 2.62. The van der Waals surface area contributed by atoms with Crippen molar-refractivity contribution in [3.8, 4) is 17.1 Å². The molecule has 0 atom stereocenters. The number of aromatic nitrogens is 1. The lowest BCUT2D eigenvalue weighted by Crippen LogP contribution is -1.85. The molecule has 4 nitrogen and oxygen atoms in total. The quantitative estimate of drug-likeness (QED) is 0.757. The van der Waals surface area contributed by atoms with Crippen molar-refractivity contribution in [2.24, 2.45) is 0 Å². The fraction of sp³-hybridized carbons (Fsp3) is 0. The van der Waals surface area contributed by atoms with Gasteiger partial charge >= 0.3 is 0 Å². The summed E-state index contributed by atoms with van der Waals surface area (Å²) in [6, 6.07) is 2.75. The van der Waals surface area contributed by atoms with Gasteiger partial charge in [0.2, 0.25) is 0 Å². The van der Waals surface area contributed by atoms with Crippen LogP contribution in [0, 0.1) is 11.6 Å². The van der Waals surface area contributed by atoms with Gasteiger partial charge in [-0.15, -0.1) is 0 Å². The molecule has 78 valence electrons. The fourth-order valence-electron chi connectivity index (χ4n) is 1.17. The average Bonchev–Trinajstić information content (AvgIpc) is 2.58. The Bertz CT molecular complexity index is 511. The molecule has 1 aromatic carbocycles. The van der Waals surface area contributed by atoms with Crippen molar-refractivity contribution in [2.75, 3.05) is 5.73 Å². The maximum atomic E-state index is 12.9. The predicted molar refractivity (Wildman–Crippen MR) is 47.9 cm³/mol. The van der Waals surface area contributed by atoms with Crippen LogP contribution in [0.3, 0.4) is 0 Å². The number of phenolic OH excluding ortho intramolecular Hbond substituents is 1. The van der Waals surface area contributed by atoms with Gasteiger partial charge in [-0.25, -0.2) is 8.78 Å². The van der Waals surface area contributed by atoms with E-state index in [4.69, 9.17) is 5.73 Å². The summed E-state index contributed by atoms with van der Waals surface area (Å²) in [5.74, 6) is -2.53. The summed E-state index contributed by atoms with van der Waals surface area (Å²) >= 11 is 0. The standard InChI is InChI=1S/C9H6F2N2O2/c10-4-1-5(9(14)6(11)2-4)7-3-8(12)13-15-7/h1-3,14H,(H2,12,13). The number of hydrogen-bond donors (Lipinski definition) is 2. The molecule has 0 aliphatic heterocycles. The molecule has 6 heteroatoms. The van der Waals surface area contributed by atoms with E-state index in [0.717, 1.165) is 6.07 Å². The van der Waals surface area contributed by atoms with Gasteiger partial charge in [-0.3, -0.25) is 0 Å². The van der Waals surface area contributed by atoms with Gasteiger partial charge in [0.1, 0.15) is 5.82 Å². The molecule has 0 aliphatic rings. The van der Waals surface area contributed by atoms with Gasteiger partial charge in [0.25, 0.3) is 0 Å². The largest absolute Gasteiger partial charge is 0.504 e. The van der Waals surface area contributed by atoms with Crippen LogP contribution in [0.15, 0.2) is 22.7 Å². The normalized spacial score (nSPS) is 10.5. The lowest BCUT2D eigenvalue weighted by molar-refractivity contribution is 0.413. The Kier molecular flexibility index (Phi) is 2.03. The van der Waals surface area contributed by atoms with Crippen LogP contribution in [0.25, 0.3) is 11.3 Å². The maximum absolute atomic E-state index is 12.9. The fourth-order valence-corrected chi connectivity index (χ4v) is 1.17. The second-order valence-corrected chi connectivity index (χ2v) is 2.90. The third kappa shape index (κ3) is 1.61. The summed E-state index contributed by atoms with van der Waals surface area (Å²) in [4.78, 5) is 0. The number of hydrogen-bond acceptors (Lipinski definition) is 4. The molecule has 0 amide bonds. The molecule has 0 fully saturated rings. The molecule has 0 spiro atoms. The van der Waals surface area contributed by atoms with Crippen molar-refractivity contribution in [2.45, 2.75) is 0 Å². The highest BCUT2D eigenvalue weighted by atomic mass is 19.1. The Morgan fingerprint density at radius 2 is 2.00 bits per heavy atom. The second-order valence-electron chi connectivity index (χ2n) is 2.90. The number of benzene rings is 1. The molecular weight excluding hydrogens is 206 g/mol. The van der Waals surface area contributed by atoms with E-state index in [1.54, 1.807) is 0 Å². The van der Waals surface area contributed by atoms with E-state index >= 15 is 0 Å². The van der Waals surface area contributed by atoms with E-state index in [1.807, 2.05) is 0 Å². The van der Waals surface area contributed by atoms with Crippen LogP contribution in [-0.2, 0) is 0 Å². The van der Waals surface area contributed by atoms with Gasteiger partial charge in [-0.2, -0.15) is 0 Å². The summed E-state index contributed by atoms with van der Waals surface area (Å²) in [6.45, 7) is 0. The summed E-state index contributed by atoms with van der Waals surface area (Å²) < 4.78 is 30.5. The zero-order valence-electron chi connectivity index (χ0n) is 7.37. The number of anilines is 1. The topological polar surface area (TPSA) is 72.3 Å². The molecule has 3 N–H and O–H groups in total. The van der Waals surface area contributed by atoms with Gasteiger partial charge < -0.3 is 15.4 Å². The summed E-state index contributed by atoms with van der Waals surface area (Å²) in [6.07, 6.45) is 0. The number of nitrogen functional groups attached to an aromatic ring is 1. The minimum atomic E-state index is -1.07. The summed E-state index contributed by atoms with van der Waals surface area (Å²) in [7, 11) is 0. The van der Waals surface area contributed by atoms with E-state index in [9.17, 15) is 13.9 Å². The van der Waals surface area contributed by atoms with E-state index in [2.05, 4.69) is 9.68 Å². The predicted octanol–water partition coefficient (Wildman–Crippen LogP) is 1.91. The Morgan fingerprint density at radius 1 is 1.27 bits per heavy atom. The molecule has 1 aromatic heterocycles. The SMILES string of the molecule is Nc1cc(-c2cc(F)cc(F)c2O)on1. The first-order chi connectivity index (χ1) is 7.08. The number of nitrogens with two attached hydrogens (primary N) is 1. The second kappa shape index (κ2) is 3.23. The van der Waals surface area contributed by atoms with Crippen LogP contribution in [-0.4, -0.2) is 10.3 Å². The first-order valence-corrected chi connectivity index (χ1v) is 3.98. The third-order valence-electron chi connectivity index (χ3n) is 1.82. The summed E-state index contributed by atoms with van der Waals surface area (Å²) in [5.41, 5.74) is 5.14. The van der Waals surface area contributed by atoms with Gasteiger partial charge in [0.05, 0.1) is 5.56 Å². The number of rotatable bonds is 1. The van der Waals surface area contributed by atoms with Crippen LogP contribution < -0.4 is 5.73 Å². The highest BCUT2D eigenvalue weighted by Gasteiger charge is 2.15. The van der Waals surface area contributed by atoms with Gasteiger partial charge in [-0.05, 0) is 6.07 Å². The third-order valence-corrected chi connectivity index (χ3v) is 1.82. The molecule has 0 radical (unpaired) electrons. The molecular formula is C9H6F2N2O2. The van der Waals surface area contributed by atoms with E-state index in [-0.39, 0.29) is 17.1 Å². The van der Waals surface area contributed by atoms with Crippen LogP contribution in [0.2, 0.25) is 0 Å². The van der Waals surface area contributed by atoms with Crippen molar-refractivity contribution in [3.05, 3.63) is 29.8 Å².